The summed E-state index contributed by atoms with van der Waals surface area (Å²) in [6.45, 7) is 5.45. The Balaban J connectivity index is 2.20. The topological polar surface area (TPSA) is 24.6 Å². The molecule has 0 amide bonds. The normalized spacial score (nSPS) is 15.4. The van der Waals surface area contributed by atoms with Gasteiger partial charge in [-0.05, 0) is 17.2 Å². The monoisotopic (exact) mass is 297 g/mol. The van der Waals surface area contributed by atoms with Gasteiger partial charge in [0.1, 0.15) is 12.6 Å². The molecule has 1 atom stereocenters. The number of ether oxygens (including phenoxy) is 1. The van der Waals surface area contributed by atoms with Gasteiger partial charge in [-0.25, -0.2) is 0 Å². The van der Waals surface area contributed by atoms with Crippen LogP contribution in [0, 0.1) is 0 Å². The lowest BCUT2D eigenvalue weighted by atomic mass is 10.1. The molecule has 19 heavy (non-hydrogen) atoms. The van der Waals surface area contributed by atoms with Crippen LogP contribution in [0.5, 0.6) is 0 Å². The van der Waals surface area contributed by atoms with Crippen molar-refractivity contribution in [3.63, 3.8) is 0 Å². The number of hydrogen-bond acceptors (Lipinski definition) is 2. The van der Waals surface area contributed by atoms with E-state index in [4.69, 9.17) is 27.9 Å². The average Bonchev–Trinajstić information content (AvgIpc) is 2.88. The fourth-order valence-electron chi connectivity index (χ4n) is 1.84. The zero-order chi connectivity index (χ0) is 13.7. The van der Waals surface area contributed by atoms with Crippen LogP contribution in [0.1, 0.15) is 11.7 Å². The third-order valence-corrected chi connectivity index (χ3v) is 3.29. The lowest BCUT2D eigenvalue weighted by Gasteiger charge is -2.15. The summed E-state index contributed by atoms with van der Waals surface area (Å²) < 4.78 is 7.64. The van der Waals surface area contributed by atoms with E-state index in [-0.39, 0.29) is 6.10 Å². The Bertz CT molecular complexity index is 526. The molecule has 0 spiro atoms. The summed E-state index contributed by atoms with van der Waals surface area (Å²) in [5.74, 6) is 0. The fourth-order valence-corrected chi connectivity index (χ4v) is 2.37. The molecule has 100 valence electrons. The highest BCUT2D eigenvalue weighted by molar-refractivity contribution is 6.35. The maximum absolute atomic E-state index is 6.23. The quantitative estimate of drug-likeness (QED) is 0.570. The van der Waals surface area contributed by atoms with E-state index in [0.29, 0.717) is 29.7 Å². The predicted octanol–water partition coefficient (Wildman–Crippen LogP) is 4.23. The second kappa shape index (κ2) is 6.85. The highest BCUT2D eigenvalue weighted by atomic mass is 35.5. The molecule has 0 aromatic heterocycles. The number of halogens is 2. The van der Waals surface area contributed by atoms with Crippen molar-refractivity contribution < 1.29 is 9.43 Å². The molecule has 1 aliphatic rings. The molecule has 5 heteroatoms. The van der Waals surface area contributed by atoms with Crippen molar-refractivity contribution in [1.29, 1.82) is 0 Å². The van der Waals surface area contributed by atoms with Crippen LogP contribution in [0.2, 0.25) is 10.0 Å². The van der Waals surface area contributed by atoms with Crippen molar-refractivity contribution in [3.05, 3.63) is 58.7 Å². The van der Waals surface area contributed by atoms with Crippen LogP contribution in [0.3, 0.4) is 0 Å². The Labute approximate surface area is 122 Å². The molecular formula is C14H15Cl2N2O+. The summed E-state index contributed by atoms with van der Waals surface area (Å²) in [7, 11) is 0. The Morgan fingerprint density at radius 3 is 2.95 bits per heavy atom. The van der Waals surface area contributed by atoms with Gasteiger partial charge in [-0.15, -0.1) is 6.58 Å². The SMILES string of the molecule is C=CCOC(C[N+]1=NCC=C1)c1ccc(Cl)cc1Cl. The number of hydrogen-bond donors (Lipinski definition) is 0. The van der Waals surface area contributed by atoms with Crippen LogP contribution < -0.4 is 0 Å². The lowest BCUT2D eigenvalue weighted by Crippen LogP contribution is -2.16. The van der Waals surface area contributed by atoms with Crippen LogP contribution in [-0.2, 0) is 4.74 Å². The Hall–Kier alpha value is -1.16. The molecule has 0 radical (unpaired) electrons. The van der Waals surface area contributed by atoms with E-state index in [2.05, 4.69) is 11.7 Å². The molecular weight excluding hydrogens is 283 g/mol. The van der Waals surface area contributed by atoms with Crippen LogP contribution in [0.15, 0.2) is 48.2 Å². The Morgan fingerprint density at radius 1 is 1.47 bits per heavy atom. The molecule has 1 aromatic rings. The lowest BCUT2D eigenvalue weighted by molar-refractivity contribution is -0.533. The molecule has 0 saturated heterocycles. The van der Waals surface area contributed by atoms with Gasteiger partial charge in [0.25, 0.3) is 0 Å². The third kappa shape index (κ3) is 3.90. The average molecular weight is 298 g/mol. The molecule has 1 heterocycles. The smallest absolute Gasteiger partial charge is 0.204 e. The minimum absolute atomic E-state index is 0.172. The molecule has 1 aromatic carbocycles. The van der Waals surface area contributed by atoms with Crippen molar-refractivity contribution in [2.75, 3.05) is 19.7 Å². The molecule has 1 unspecified atom stereocenters. The maximum atomic E-state index is 6.23. The summed E-state index contributed by atoms with van der Waals surface area (Å²) >= 11 is 12.1. The van der Waals surface area contributed by atoms with Crippen LogP contribution in [-0.4, -0.2) is 24.4 Å². The van der Waals surface area contributed by atoms with E-state index in [1.807, 2.05) is 29.1 Å². The van der Waals surface area contributed by atoms with Gasteiger partial charge in [0.05, 0.1) is 6.61 Å². The largest absolute Gasteiger partial charge is 0.363 e. The summed E-state index contributed by atoms with van der Waals surface area (Å²) in [6.07, 6.45) is 5.48. The van der Waals surface area contributed by atoms with E-state index >= 15 is 0 Å². The predicted molar refractivity (Wildman–Crippen MR) is 76.9 cm³/mol. The van der Waals surface area contributed by atoms with Gasteiger partial charge < -0.3 is 4.74 Å². The third-order valence-electron chi connectivity index (χ3n) is 2.72. The molecule has 3 nitrogen and oxygen atoms in total. The molecule has 2 rings (SSSR count). The number of azo groups is 2. The summed E-state index contributed by atoms with van der Waals surface area (Å²) in [5, 5.41) is 5.52. The van der Waals surface area contributed by atoms with Gasteiger partial charge in [0.2, 0.25) is 6.54 Å². The van der Waals surface area contributed by atoms with Gasteiger partial charge in [0, 0.05) is 21.7 Å². The summed E-state index contributed by atoms with van der Waals surface area (Å²) in [5.41, 5.74) is 0.906. The van der Waals surface area contributed by atoms with E-state index in [1.54, 1.807) is 12.1 Å². The van der Waals surface area contributed by atoms with Gasteiger partial charge in [0.15, 0.2) is 6.20 Å². The Morgan fingerprint density at radius 2 is 2.32 bits per heavy atom. The van der Waals surface area contributed by atoms with E-state index < -0.39 is 0 Å². The second-order valence-electron chi connectivity index (χ2n) is 4.11. The van der Waals surface area contributed by atoms with Crippen LogP contribution in [0.4, 0.5) is 0 Å². The maximum Gasteiger partial charge on any atom is 0.204 e. The van der Waals surface area contributed by atoms with Crippen molar-refractivity contribution in [3.8, 4) is 0 Å². The first kappa shape index (κ1) is 14.3. The highest BCUT2D eigenvalue weighted by Crippen LogP contribution is 2.29. The summed E-state index contributed by atoms with van der Waals surface area (Å²) in [4.78, 5) is 0. The first-order valence-electron chi connectivity index (χ1n) is 5.99. The van der Waals surface area contributed by atoms with Crippen molar-refractivity contribution in [1.82, 2.24) is 0 Å². The fraction of sp³-hybridized carbons (Fsp3) is 0.286. The van der Waals surface area contributed by atoms with Gasteiger partial charge in [-0.2, -0.15) is 0 Å². The molecule has 0 aliphatic carbocycles. The summed E-state index contributed by atoms with van der Waals surface area (Å²) in [6, 6.07) is 5.42. The standard InChI is InChI=1S/C14H15Cl2N2O/c1-2-8-19-14(10-18-7-3-6-17-18)12-5-4-11(15)9-13(12)16/h2-5,7,9,14H,1,6,8,10H2/q+1. The number of benzene rings is 1. The number of nitrogens with zero attached hydrogens (tertiary/aromatic N) is 2. The van der Waals surface area contributed by atoms with Crippen molar-refractivity contribution in [2.24, 2.45) is 5.11 Å². The van der Waals surface area contributed by atoms with Crippen LogP contribution in [0.25, 0.3) is 0 Å². The first-order chi connectivity index (χ1) is 9.20. The van der Waals surface area contributed by atoms with Crippen molar-refractivity contribution in [2.45, 2.75) is 6.10 Å². The minimum Gasteiger partial charge on any atom is -0.363 e. The van der Waals surface area contributed by atoms with Gasteiger partial charge in [-0.1, -0.05) is 40.0 Å². The van der Waals surface area contributed by atoms with E-state index in [9.17, 15) is 0 Å². The molecule has 0 bridgehead atoms. The van der Waals surface area contributed by atoms with Gasteiger partial charge >= 0.3 is 0 Å². The molecule has 0 N–H and O–H groups in total. The van der Waals surface area contributed by atoms with E-state index in [0.717, 1.165) is 5.56 Å². The van der Waals surface area contributed by atoms with Gasteiger partial charge in [-0.3, -0.25) is 0 Å². The van der Waals surface area contributed by atoms with Crippen molar-refractivity contribution >= 4 is 23.2 Å². The zero-order valence-corrected chi connectivity index (χ0v) is 11.9. The highest BCUT2D eigenvalue weighted by Gasteiger charge is 2.22. The first-order valence-corrected chi connectivity index (χ1v) is 6.74. The van der Waals surface area contributed by atoms with Crippen LogP contribution >= 0.6 is 23.2 Å². The van der Waals surface area contributed by atoms with E-state index in [1.165, 1.54) is 0 Å². The molecule has 0 fully saturated rings. The Kier molecular flexibility index (Phi) is 5.14. The zero-order valence-electron chi connectivity index (χ0n) is 10.4. The minimum atomic E-state index is -0.172. The molecule has 0 saturated carbocycles. The number of rotatable bonds is 6. The molecule has 1 aliphatic heterocycles. The second-order valence-corrected chi connectivity index (χ2v) is 4.95.